The van der Waals surface area contributed by atoms with Gasteiger partial charge in [-0.3, -0.25) is 9.36 Å². The Labute approximate surface area is 197 Å². The highest BCUT2D eigenvalue weighted by molar-refractivity contribution is 4.93. The molecule has 0 aliphatic heterocycles. The quantitative estimate of drug-likeness (QED) is 0.328. The van der Waals surface area contributed by atoms with Gasteiger partial charge in [-0.2, -0.15) is 0 Å². The number of aryl methyl sites for hydroxylation is 4. The minimum absolute atomic E-state index is 0.730. The van der Waals surface area contributed by atoms with E-state index < -0.39 is 0 Å². The third kappa shape index (κ3) is 14.4. The first-order valence-electron chi connectivity index (χ1n) is 12.9. The first-order valence-corrected chi connectivity index (χ1v) is 12.9. The molecule has 0 unspecified atom stereocenters. The second-order valence-corrected chi connectivity index (χ2v) is 10.9. The second kappa shape index (κ2) is 16.0. The summed E-state index contributed by atoms with van der Waals surface area (Å²) in [5.74, 6) is 3.04. The maximum absolute atomic E-state index is 4.20. The molecule has 0 atom stereocenters. The molecule has 2 aromatic rings. The lowest BCUT2D eigenvalue weighted by atomic mass is 10.1. The molecule has 32 heavy (non-hydrogen) atoms. The minimum atomic E-state index is 0.730. The summed E-state index contributed by atoms with van der Waals surface area (Å²) in [5.41, 5.74) is 2.28. The number of rotatable bonds is 14. The molecule has 0 aliphatic rings. The van der Waals surface area contributed by atoms with E-state index in [0.29, 0.717) is 0 Å². The fourth-order valence-electron chi connectivity index (χ4n) is 3.30. The summed E-state index contributed by atoms with van der Waals surface area (Å²) in [6.45, 7) is 20.0. The smallest absolute Gasteiger partial charge is 0.0827 e. The first kappa shape index (κ1) is 28.3. The van der Waals surface area contributed by atoms with E-state index in [2.05, 4.69) is 88.4 Å². The fraction of sp³-hybridized carbons (Fsp3) is 0.846. The Hall–Kier alpha value is -1.72. The van der Waals surface area contributed by atoms with Crippen LogP contribution in [0.15, 0.2) is 12.4 Å². The molecule has 0 aromatic carbocycles. The van der Waals surface area contributed by atoms with Gasteiger partial charge in [-0.05, 0) is 68.6 Å². The van der Waals surface area contributed by atoms with Crippen LogP contribution in [0.1, 0.15) is 105 Å². The number of hydrogen-bond acceptors (Lipinski definition) is 4. The molecule has 2 aromatic heterocycles. The molecule has 184 valence electrons. The Bertz CT molecular complexity index is 638. The van der Waals surface area contributed by atoms with Gasteiger partial charge in [-0.25, -0.2) is 0 Å². The number of nitrogens with zero attached hydrogens (tertiary/aromatic N) is 6. The van der Waals surface area contributed by atoms with Crippen LogP contribution < -0.4 is 0 Å². The molecule has 2 heterocycles. The zero-order valence-electron chi connectivity index (χ0n) is 22.2. The monoisotopic (exact) mass is 446 g/mol. The van der Waals surface area contributed by atoms with Crippen LogP contribution in [0.2, 0.25) is 0 Å². The van der Waals surface area contributed by atoms with E-state index in [4.69, 9.17) is 0 Å². The highest BCUT2D eigenvalue weighted by Gasteiger charge is 2.04. The van der Waals surface area contributed by atoms with Crippen LogP contribution in [0.4, 0.5) is 0 Å². The van der Waals surface area contributed by atoms with Crippen LogP contribution >= 0.6 is 0 Å². The van der Waals surface area contributed by atoms with Gasteiger partial charge in [0.15, 0.2) is 0 Å². The molecular weight excluding hydrogens is 396 g/mol. The lowest BCUT2D eigenvalue weighted by molar-refractivity contribution is 0.478. The Kier molecular flexibility index (Phi) is 14.1. The van der Waals surface area contributed by atoms with Crippen molar-refractivity contribution in [3.05, 3.63) is 23.8 Å². The van der Waals surface area contributed by atoms with Crippen molar-refractivity contribution in [2.75, 3.05) is 0 Å². The third-order valence-corrected chi connectivity index (χ3v) is 5.47. The molecule has 0 saturated carbocycles. The average Bonchev–Trinajstić information content (AvgIpc) is 3.34. The lowest BCUT2D eigenvalue weighted by Gasteiger charge is -2.03. The van der Waals surface area contributed by atoms with Crippen LogP contribution in [0.3, 0.4) is 0 Å². The molecule has 0 spiro atoms. The van der Waals surface area contributed by atoms with Gasteiger partial charge in [-0.15, -0.1) is 10.2 Å². The van der Waals surface area contributed by atoms with Gasteiger partial charge in [0.2, 0.25) is 0 Å². The minimum Gasteiger partial charge on any atom is -0.252 e. The van der Waals surface area contributed by atoms with Crippen molar-refractivity contribution in [2.24, 2.45) is 23.7 Å². The van der Waals surface area contributed by atoms with Crippen molar-refractivity contribution in [3.63, 3.8) is 0 Å². The predicted octanol–water partition coefficient (Wildman–Crippen LogP) is 6.61. The van der Waals surface area contributed by atoms with Gasteiger partial charge < -0.3 is 0 Å². The van der Waals surface area contributed by atoms with E-state index in [1.54, 1.807) is 0 Å². The van der Waals surface area contributed by atoms with Gasteiger partial charge in [0.25, 0.3) is 0 Å². The summed E-state index contributed by atoms with van der Waals surface area (Å²) in [7, 11) is 0. The Morgan fingerprint density at radius 2 is 1.03 bits per heavy atom. The van der Waals surface area contributed by atoms with Crippen molar-refractivity contribution in [2.45, 2.75) is 120 Å². The van der Waals surface area contributed by atoms with E-state index in [9.17, 15) is 0 Å². The molecule has 2 rings (SSSR count). The van der Waals surface area contributed by atoms with Gasteiger partial charge >= 0.3 is 0 Å². The van der Waals surface area contributed by atoms with E-state index >= 15 is 0 Å². The molecule has 0 saturated heterocycles. The van der Waals surface area contributed by atoms with Gasteiger partial charge in [-0.1, -0.05) is 72.2 Å². The van der Waals surface area contributed by atoms with E-state index in [0.717, 1.165) is 61.0 Å². The zero-order chi connectivity index (χ0) is 23.9. The molecule has 6 nitrogen and oxygen atoms in total. The molecular formula is C26H50N6. The molecule has 0 aliphatic carbocycles. The maximum atomic E-state index is 4.20. The highest BCUT2D eigenvalue weighted by Crippen LogP contribution is 2.09. The van der Waals surface area contributed by atoms with Crippen molar-refractivity contribution >= 4 is 0 Å². The largest absolute Gasteiger partial charge is 0.252 e. The lowest BCUT2D eigenvalue weighted by Crippen LogP contribution is -2.01. The molecule has 0 bridgehead atoms. The zero-order valence-corrected chi connectivity index (χ0v) is 22.2. The normalized spacial score (nSPS) is 11.6. The van der Waals surface area contributed by atoms with Crippen molar-refractivity contribution < 1.29 is 0 Å². The topological polar surface area (TPSA) is 61.4 Å². The van der Waals surface area contributed by atoms with Crippen molar-refractivity contribution in [1.82, 2.24) is 30.0 Å². The Balaban J connectivity index is 0.000000320. The molecule has 0 N–H and O–H groups in total. The Morgan fingerprint density at radius 3 is 1.56 bits per heavy atom. The van der Waals surface area contributed by atoms with E-state index in [1.807, 2.05) is 9.36 Å². The summed E-state index contributed by atoms with van der Waals surface area (Å²) < 4.78 is 3.96. The van der Waals surface area contributed by atoms with Gasteiger partial charge in [0.05, 0.1) is 11.4 Å². The third-order valence-electron chi connectivity index (χ3n) is 5.47. The summed E-state index contributed by atoms with van der Waals surface area (Å²) in [4.78, 5) is 0. The predicted molar refractivity (Wildman–Crippen MR) is 135 cm³/mol. The average molecular weight is 447 g/mol. The summed E-state index contributed by atoms with van der Waals surface area (Å²) in [6, 6.07) is 0. The van der Waals surface area contributed by atoms with Crippen LogP contribution in [-0.4, -0.2) is 30.0 Å². The molecule has 0 fully saturated rings. The maximum Gasteiger partial charge on any atom is 0.0827 e. The summed E-state index contributed by atoms with van der Waals surface area (Å²) in [5, 5.41) is 16.7. The number of hydrogen-bond donors (Lipinski definition) is 0. The highest BCUT2D eigenvalue weighted by atomic mass is 15.4. The molecule has 0 amide bonds. The Morgan fingerprint density at radius 1 is 0.562 bits per heavy atom. The summed E-state index contributed by atoms with van der Waals surface area (Å²) >= 11 is 0. The molecule has 6 heteroatoms. The number of aromatic nitrogens is 6. The van der Waals surface area contributed by atoms with Crippen molar-refractivity contribution in [3.8, 4) is 0 Å². The van der Waals surface area contributed by atoms with Crippen molar-refractivity contribution in [1.29, 1.82) is 0 Å². The first-order chi connectivity index (χ1) is 15.2. The second-order valence-electron chi connectivity index (χ2n) is 10.9. The van der Waals surface area contributed by atoms with Gasteiger partial charge in [0, 0.05) is 25.5 Å². The van der Waals surface area contributed by atoms with Crippen LogP contribution in [-0.2, 0) is 25.9 Å². The van der Waals surface area contributed by atoms with Crippen LogP contribution in [0, 0.1) is 23.7 Å². The van der Waals surface area contributed by atoms with Crippen LogP contribution in [0.25, 0.3) is 0 Å². The van der Waals surface area contributed by atoms with Gasteiger partial charge in [0.1, 0.15) is 0 Å². The fourth-order valence-corrected chi connectivity index (χ4v) is 3.30. The SMILES string of the molecule is CC(C)CCCc1cn(CCC(C)C)nn1.CC(C)CCCn1cc(CCC(C)C)nn1. The standard InChI is InChI=1S/2C13H25N3/c1-11(2)6-5-9-16-10-13(14-15-16)8-7-12(3)4;1-11(2)6-5-7-13-10-16(15-14-13)9-8-12(3)4/h2*10-12H,5-9H2,1-4H3. The van der Waals surface area contributed by atoms with Crippen LogP contribution in [0.5, 0.6) is 0 Å². The molecule has 0 radical (unpaired) electrons. The summed E-state index contributed by atoms with van der Waals surface area (Å²) in [6.07, 6.45) is 13.7. The van der Waals surface area contributed by atoms with E-state index in [1.165, 1.54) is 38.5 Å². The van der Waals surface area contributed by atoms with E-state index in [-0.39, 0.29) is 0 Å².